The molecule has 0 bridgehead atoms. The molecule has 1 amide bonds. The molecule has 5 nitrogen and oxygen atoms in total. The third-order valence-electron chi connectivity index (χ3n) is 4.22. The third kappa shape index (κ3) is 4.84. The van der Waals surface area contributed by atoms with E-state index in [0.29, 0.717) is 18.3 Å². The van der Waals surface area contributed by atoms with E-state index in [2.05, 4.69) is 15.7 Å². The summed E-state index contributed by atoms with van der Waals surface area (Å²) in [5.74, 6) is -0.0348. The number of hydrogen-bond donors (Lipinski definition) is 2. The lowest BCUT2D eigenvalue weighted by Crippen LogP contribution is -2.37. The van der Waals surface area contributed by atoms with Crippen molar-refractivity contribution < 1.29 is 4.79 Å². The van der Waals surface area contributed by atoms with E-state index in [-0.39, 0.29) is 5.91 Å². The molecule has 1 aliphatic carbocycles. The lowest BCUT2D eigenvalue weighted by Gasteiger charge is -2.16. The Morgan fingerprint density at radius 3 is 2.62 bits per heavy atom. The van der Waals surface area contributed by atoms with Gasteiger partial charge in [-0.2, -0.15) is 5.10 Å². The number of hydrogen-bond acceptors (Lipinski definition) is 3. The standard InChI is InChI=1S/C16H28N4O/c1-3-13-12-15(20(2)19-13)16(21)18-11-10-17-14-8-6-4-5-7-9-14/h12,14,17H,3-11H2,1-2H3,(H,18,21). The molecule has 0 spiro atoms. The maximum Gasteiger partial charge on any atom is 0.269 e. The first-order valence-electron chi connectivity index (χ1n) is 8.25. The molecule has 0 aliphatic heterocycles. The van der Waals surface area contributed by atoms with Crippen molar-refractivity contribution in [2.75, 3.05) is 13.1 Å². The van der Waals surface area contributed by atoms with Crippen molar-refractivity contribution in [3.8, 4) is 0 Å². The number of aryl methyl sites for hydroxylation is 2. The monoisotopic (exact) mass is 292 g/mol. The predicted octanol–water partition coefficient (Wildman–Crippen LogP) is 2.02. The molecule has 0 saturated heterocycles. The van der Waals surface area contributed by atoms with Crippen LogP contribution in [0, 0.1) is 0 Å². The van der Waals surface area contributed by atoms with Gasteiger partial charge in [0.1, 0.15) is 5.69 Å². The number of carbonyl (C=O) groups excluding carboxylic acids is 1. The summed E-state index contributed by atoms with van der Waals surface area (Å²) in [6, 6.07) is 2.50. The highest BCUT2D eigenvalue weighted by Gasteiger charge is 2.13. The van der Waals surface area contributed by atoms with E-state index in [1.54, 1.807) is 4.68 Å². The zero-order valence-electron chi connectivity index (χ0n) is 13.3. The van der Waals surface area contributed by atoms with Crippen molar-refractivity contribution in [3.63, 3.8) is 0 Å². The highest BCUT2D eigenvalue weighted by molar-refractivity contribution is 5.92. The van der Waals surface area contributed by atoms with Gasteiger partial charge >= 0.3 is 0 Å². The van der Waals surface area contributed by atoms with Crippen molar-refractivity contribution in [1.29, 1.82) is 0 Å². The van der Waals surface area contributed by atoms with Gasteiger partial charge in [-0.1, -0.05) is 32.6 Å². The topological polar surface area (TPSA) is 59.0 Å². The molecule has 1 aromatic rings. The van der Waals surface area contributed by atoms with E-state index < -0.39 is 0 Å². The van der Waals surface area contributed by atoms with Crippen LogP contribution in [0.2, 0.25) is 0 Å². The summed E-state index contributed by atoms with van der Waals surface area (Å²) in [6.07, 6.45) is 8.80. The second-order valence-corrected chi connectivity index (χ2v) is 5.90. The Morgan fingerprint density at radius 1 is 1.29 bits per heavy atom. The molecule has 21 heavy (non-hydrogen) atoms. The average Bonchev–Trinajstić information content (AvgIpc) is 2.70. The molecule has 0 atom stereocenters. The van der Waals surface area contributed by atoms with Gasteiger partial charge in [0.2, 0.25) is 0 Å². The van der Waals surface area contributed by atoms with Gasteiger partial charge in [-0.3, -0.25) is 9.48 Å². The Hall–Kier alpha value is -1.36. The van der Waals surface area contributed by atoms with Gasteiger partial charge in [0.05, 0.1) is 5.69 Å². The summed E-state index contributed by atoms with van der Waals surface area (Å²) >= 11 is 0. The molecule has 2 rings (SSSR count). The van der Waals surface area contributed by atoms with E-state index >= 15 is 0 Å². The number of nitrogens with zero attached hydrogens (tertiary/aromatic N) is 2. The maximum absolute atomic E-state index is 12.1. The molecular formula is C16H28N4O. The minimum absolute atomic E-state index is 0.0348. The molecule has 1 heterocycles. The SMILES string of the molecule is CCc1cc(C(=O)NCCNC2CCCCCC2)n(C)n1. The molecular weight excluding hydrogens is 264 g/mol. The quantitative estimate of drug-likeness (QED) is 0.623. The normalized spacial score (nSPS) is 16.7. The molecule has 0 radical (unpaired) electrons. The van der Waals surface area contributed by atoms with Crippen molar-refractivity contribution in [2.24, 2.45) is 7.05 Å². The molecule has 1 aliphatic rings. The smallest absolute Gasteiger partial charge is 0.269 e. The van der Waals surface area contributed by atoms with Crippen LogP contribution >= 0.6 is 0 Å². The summed E-state index contributed by atoms with van der Waals surface area (Å²) in [7, 11) is 1.82. The summed E-state index contributed by atoms with van der Waals surface area (Å²) in [6.45, 7) is 3.55. The van der Waals surface area contributed by atoms with Gasteiger partial charge in [-0.05, 0) is 25.3 Å². The Balaban J connectivity index is 1.70. The molecule has 1 saturated carbocycles. The minimum atomic E-state index is -0.0348. The second kappa shape index (κ2) is 8.17. The van der Waals surface area contributed by atoms with Gasteiger partial charge in [0, 0.05) is 26.2 Å². The molecule has 118 valence electrons. The molecule has 1 fully saturated rings. The molecule has 0 unspecified atom stereocenters. The van der Waals surface area contributed by atoms with E-state index in [9.17, 15) is 4.79 Å². The molecule has 1 aromatic heterocycles. The van der Waals surface area contributed by atoms with Crippen LogP contribution in [0.15, 0.2) is 6.07 Å². The first kappa shape index (κ1) is 16.0. The average molecular weight is 292 g/mol. The number of aromatic nitrogens is 2. The lowest BCUT2D eigenvalue weighted by atomic mass is 10.1. The van der Waals surface area contributed by atoms with Crippen LogP contribution in [0.3, 0.4) is 0 Å². The minimum Gasteiger partial charge on any atom is -0.349 e. The number of rotatable bonds is 6. The van der Waals surface area contributed by atoms with E-state index in [0.717, 1.165) is 18.7 Å². The van der Waals surface area contributed by atoms with E-state index in [4.69, 9.17) is 0 Å². The van der Waals surface area contributed by atoms with Crippen LogP contribution in [-0.2, 0) is 13.5 Å². The van der Waals surface area contributed by atoms with Gasteiger partial charge < -0.3 is 10.6 Å². The van der Waals surface area contributed by atoms with Crippen LogP contribution in [0.25, 0.3) is 0 Å². The number of carbonyl (C=O) groups is 1. The maximum atomic E-state index is 12.1. The molecule has 5 heteroatoms. The van der Waals surface area contributed by atoms with Gasteiger partial charge in [0.15, 0.2) is 0 Å². The van der Waals surface area contributed by atoms with E-state index in [1.807, 2.05) is 20.0 Å². The van der Waals surface area contributed by atoms with Crippen LogP contribution < -0.4 is 10.6 Å². The first-order valence-corrected chi connectivity index (χ1v) is 8.25. The fourth-order valence-electron chi connectivity index (χ4n) is 2.94. The Labute approximate surface area is 127 Å². The van der Waals surface area contributed by atoms with Gasteiger partial charge in [-0.25, -0.2) is 0 Å². The van der Waals surface area contributed by atoms with Crippen molar-refractivity contribution in [2.45, 2.75) is 57.9 Å². The molecule has 0 aromatic carbocycles. The van der Waals surface area contributed by atoms with Crippen LogP contribution in [0.5, 0.6) is 0 Å². The van der Waals surface area contributed by atoms with Crippen molar-refractivity contribution in [3.05, 3.63) is 17.5 Å². The fourth-order valence-corrected chi connectivity index (χ4v) is 2.94. The zero-order valence-corrected chi connectivity index (χ0v) is 13.3. The lowest BCUT2D eigenvalue weighted by molar-refractivity contribution is 0.0944. The Kier molecular flexibility index (Phi) is 6.23. The van der Waals surface area contributed by atoms with Crippen LogP contribution in [0.4, 0.5) is 0 Å². The predicted molar refractivity (Wildman–Crippen MR) is 84.4 cm³/mol. The number of nitrogens with one attached hydrogen (secondary N) is 2. The van der Waals surface area contributed by atoms with Crippen LogP contribution in [-0.4, -0.2) is 34.8 Å². The second-order valence-electron chi connectivity index (χ2n) is 5.90. The highest BCUT2D eigenvalue weighted by atomic mass is 16.2. The summed E-state index contributed by atoms with van der Waals surface area (Å²) < 4.78 is 1.66. The summed E-state index contributed by atoms with van der Waals surface area (Å²) in [5.41, 5.74) is 1.60. The summed E-state index contributed by atoms with van der Waals surface area (Å²) in [4.78, 5) is 12.1. The largest absolute Gasteiger partial charge is 0.349 e. The van der Waals surface area contributed by atoms with E-state index in [1.165, 1.54) is 38.5 Å². The van der Waals surface area contributed by atoms with Gasteiger partial charge in [-0.15, -0.1) is 0 Å². The first-order chi connectivity index (χ1) is 10.2. The highest BCUT2D eigenvalue weighted by Crippen LogP contribution is 2.16. The summed E-state index contributed by atoms with van der Waals surface area (Å²) in [5, 5.41) is 10.8. The van der Waals surface area contributed by atoms with Crippen LogP contribution in [0.1, 0.15) is 61.6 Å². The van der Waals surface area contributed by atoms with Crippen molar-refractivity contribution >= 4 is 5.91 Å². The van der Waals surface area contributed by atoms with Gasteiger partial charge in [0.25, 0.3) is 5.91 Å². The molecule has 2 N–H and O–H groups in total. The van der Waals surface area contributed by atoms with Crippen molar-refractivity contribution in [1.82, 2.24) is 20.4 Å². The Bertz CT molecular complexity index is 447. The fraction of sp³-hybridized carbons (Fsp3) is 0.750. The Morgan fingerprint density at radius 2 is 2.00 bits per heavy atom. The zero-order chi connectivity index (χ0) is 15.1. The third-order valence-corrected chi connectivity index (χ3v) is 4.22. The number of amides is 1.